The number of benzene rings is 1. The van der Waals surface area contributed by atoms with Crippen LogP contribution in [0.15, 0.2) is 16.6 Å². The molecule has 108 valence electrons. The molecule has 1 aromatic rings. The maximum absolute atomic E-state index is 6.64. The van der Waals surface area contributed by atoms with Crippen molar-refractivity contribution in [3.05, 3.63) is 27.7 Å². The molecule has 0 aliphatic heterocycles. The van der Waals surface area contributed by atoms with Crippen LogP contribution >= 0.6 is 15.9 Å². The lowest BCUT2D eigenvalue weighted by Gasteiger charge is -2.20. The Balaban J connectivity index is 1.64. The van der Waals surface area contributed by atoms with E-state index in [0.717, 1.165) is 33.9 Å². The molecule has 0 heterocycles. The van der Waals surface area contributed by atoms with Crippen molar-refractivity contribution in [3.8, 4) is 5.75 Å². The van der Waals surface area contributed by atoms with Crippen LogP contribution in [0.5, 0.6) is 5.75 Å². The van der Waals surface area contributed by atoms with Gasteiger partial charge in [0, 0.05) is 16.1 Å². The second-order valence-corrected chi connectivity index (χ2v) is 7.79. The minimum absolute atomic E-state index is 0.139. The molecule has 5 atom stereocenters. The lowest BCUT2D eigenvalue weighted by atomic mass is 9.92. The van der Waals surface area contributed by atoms with Crippen LogP contribution in [-0.4, -0.2) is 7.11 Å². The third kappa shape index (κ3) is 1.72. The summed E-state index contributed by atoms with van der Waals surface area (Å²) in [7, 11) is 1.75. The minimum atomic E-state index is 0.139. The summed E-state index contributed by atoms with van der Waals surface area (Å²) in [5, 5.41) is 0. The van der Waals surface area contributed by atoms with Crippen molar-refractivity contribution in [1.82, 2.24) is 0 Å². The maximum Gasteiger partial charge on any atom is 0.123 e. The number of methoxy groups -OCH3 is 1. The van der Waals surface area contributed by atoms with Crippen molar-refractivity contribution in [1.29, 1.82) is 0 Å². The predicted octanol–water partition coefficient (Wildman–Crippen LogP) is 4.06. The molecule has 0 saturated heterocycles. The number of aryl methyl sites for hydroxylation is 1. The Bertz CT molecular complexity index is 542. The van der Waals surface area contributed by atoms with Gasteiger partial charge < -0.3 is 10.5 Å². The van der Waals surface area contributed by atoms with Crippen molar-refractivity contribution < 1.29 is 4.74 Å². The number of ether oxygens (including phenoxy) is 1. The summed E-state index contributed by atoms with van der Waals surface area (Å²) in [6.07, 6.45) is 4.38. The zero-order valence-corrected chi connectivity index (χ0v) is 13.7. The van der Waals surface area contributed by atoms with E-state index in [1.165, 1.54) is 30.4 Å². The number of halogens is 1. The van der Waals surface area contributed by atoms with Crippen LogP contribution in [0.2, 0.25) is 0 Å². The molecule has 3 fully saturated rings. The lowest BCUT2D eigenvalue weighted by molar-refractivity contribution is 0.383. The molecule has 3 aliphatic carbocycles. The minimum Gasteiger partial charge on any atom is -0.496 e. The Morgan fingerprint density at radius 3 is 2.50 bits per heavy atom. The van der Waals surface area contributed by atoms with Crippen molar-refractivity contribution in [2.24, 2.45) is 35.3 Å². The number of fused-ring (bicyclic) bond motifs is 5. The molecule has 2 N–H and O–H groups in total. The van der Waals surface area contributed by atoms with E-state index in [2.05, 4.69) is 35.0 Å². The summed E-state index contributed by atoms with van der Waals surface area (Å²) < 4.78 is 6.71. The lowest BCUT2D eigenvalue weighted by Crippen LogP contribution is -2.18. The zero-order chi connectivity index (χ0) is 14.0. The van der Waals surface area contributed by atoms with E-state index in [1.807, 2.05) is 0 Å². The summed E-state index contributed by atoms with van der Waals surface area (Å²) >= 11 is 3.63. The molecule has 20 heavy (non-hydrogen) atoms. The van der Waals surface area contributed by atoms with Crippen LogP contribution < -0.4 is 10.5 Å². The summed E-state index contributed by atoms with van der Waals surface area (Å²) in [5.41, 5.74) is 9.02. The van der Waals surface area contributed by atoms with Crippen LogP contribution in [0.3, 0.4) is 0 Å². The first-order valence-corrected chi connectivity index (χ1v) is 8.50. The Kier molecular flexibility index (Phi) is 2.94. The molecule has 2 nitrogen and oxygen atoms in total. The highest BCUT2D eigenvalue weighted by molar-refractivity contribution is 9.10. The first-order chi connectivity index (χ1) is 9.61. The third-order valence-corrected chi connectivity index (χ3v) is 6.93. The molecule has 5 unspecified atom stereocenters. The summed E-state index contributed by atoms with van der Waals surface area (Å²) in [6, 6.07) is 4.42. The molecule has 3 aliphatic rings. The average Bonchev–Trinajstić information content (AvgIpc) is 2.88. The molecule has 3 heteroatoms. The molecular weight excluding hydrogens is 314 g/mol. The molecule has 0 radical (unpaired) electrons. The van der Waals surface area contributed by atoms with E-state index in [1.54, 1.807) is 7.11 Å². The Labute approximate surface area is 129 Å². The van der Waals surface area contributed by atoms with Crippen LogP contribution in [0.1, 0.15) is 36.4 Å². The molecular formula is C17H22BrNO. The zero-order valence-electron chi connectivity index (χ0n) is 12.1. The van der Waals surface area contributed by atoms with Gasteiger partial charge >= 0.3 is 0 Å². The van der Waals surface area contributed by atoms with Crippen molar-refractivity contribution in [3.63, 3.8) is 0 Å². The van der Waals surface area contributed by atoms with E-state index in [0.29, 0.717) is 5.92 Å². The normalized spacial score (nSPS) is 38.7. The Morgan fingerprint density at radius 1 is 1.25 bits per heavy atom. The van der Waals surface area contributed by atoms with Gasteiger partial charge in [0.2, 0.25) is 0 Å². The highest BCUT2D eigenvalue weighted by Crippen LogP contribution is 2.72. The monoisotopic (exact) mass is 335 g/mol. The topological polar surface area (TPSA) is 35.2 Å². The quantitative estimate of drug-likeness (QED) is 0.903. The first-order valence-electron chi connectivity index (χ1n) is 7.71. The molecule has 1 aromatic carbocycles. The van der Waals surface area contributed by atoms with Crippen molar-refractivity contribution in [2.75, 3.05) is 7.11 Å². The Morgan fingerprint density at radius 2 is 1.90 bits per heavy atom. The van der Waals surface area contributed by atoms with Crippen LogP contribution in [0.25, 0.3) is 0 Å². The fourth-order valence-corrected chi connectivity index (χ4v) is 5.55. The predicted molar refractivity (Wildman–Crippen MR) is 83.7 cm³/mol. The van der Waals surface area contributed by atoms with Gasteiger partial charge in [0.15, 0.2) is 0 Å². The average molecular weight is 336 g/mol. The number of rotatable bonds is 3. The van der Waals surface area contributed by atoms with Gasteiger partial charge in [-0.15, -0.1) is 0 Å². The Hall–Kier alpha value is -0.540. The molecule has 0 aromatic heterocycles. The smallest absolute Gasteiger partial charge is 0.123 e. The van der Waals surface area contributed by atoms with E-state index >= 15 is 0 Å². The summed E-state index contributed by atoms with van der Waals surface area (Å²) in [5.74, 6) is 5.42. The number of hydrogen-bond donors (Lipinski definition) is 1. The SMILES string of the molecule is COc1cc(C)c(Br)cc1C(N)C1C2C3CCC(C3)C21. The van der Waals surface area contributed by atoms with E-state index in [4.69, 9.17) is 10.5 Å². The van der Waals surface area contributed by atoms with Crippen LogP contribution in [-0.2, 0) is 0 Å². The summed E-state index contributed by atoms with van der Waals surface area (Å²) in [4.78, 5) is 0. The maximum atomic E-state index is 6.64. The van der Waals surface area contributed by atoms with Crippen molar-refractivity contribution in [2.45, 2.75) is 32.2 Å². The molecule has 0 amide bonds. The number of hydrogen-bond acceptors (Lipinski definition) is 2. The number of nitrogens with two attached hydrogens (primary N) is 1. The second kappa shape index (κ2) is 4.48. The van der Waals surface area contributed by atoms with Crippen LogP contribution in [0.4, 0.5) is 0 Å². The van der Waals surface area contributed by atoms with Crippen molar-refractivity contribution >= 4 is 15.9 Å². The summed E-state index contributed by atoms with van der Waals surface area (Å²) in [6.45, 7) is 2.09. The second-order valence-electron chi connectivity index (χ2n) is 6.93. The molecule has 4 rings (SSSR count). The van der Waals surface area contributed by atoms with Gasteiger partial charge in [-0.1, -0.05) is 15.9 Å². The molecule has 3 saturated carbocycles. The first kappa shape index (κ1) is 13.1. The molecule has 0 spiro atoms. The van der Waals surface area contributed by atoms with Gasteiger partial charge in [0.1, 0.15) is 5.75 Å². The highest BCUT2D eigenvalue weighted by Gasteiger charge is 2.66. The van der Waals surface area contributed by atoms with Gasteiger partial charge in [-0.25, -0.2) is 0 Å². The third-order valence-electron chi connectivity index (χ3n) is 6.08. The van der Waals surface area contributed by atoms with Gasteiger partial charge in [-0.2, -0.15) is 0 Å². The van der Waals surface area contributed by atoms with E-state index in [9.17, 15) is 0 Å². The largest absolute Gasteiger partial charge is 0.496 e. The van der Waals surface area contributed by atoms with E-state index in [-0.39, 0.29) is 6.04 Å². The fraction of sp³-hybridized carbons (Fsp3) is 0.647. The standard InChI is InChI=1S/C17H22BrNO/c1-8-5-13(20-2)11(7-12(8)18)17(19)16-14-9-3-4-10(6-9)15(14)16/h5,7,9-10,14-17H,3-4,6,19H2,1-2H3. The molecule has 2 bridgehead atoms. The van der Waals surface area contributed by atoms with Gasteiger partial charge in [0.05, 0.1) is 7.11 Å². The van der Waals surface area contributed by atoms with Gasteiger partial charge in [-0.3, -0.25) is 0 Å². The highest BCUT2D eigenvalue weighted by atomic mass is 79.9. The van der Waals surface area contributed by atoms with E-state index < -0.39 is 0 Å². The fourth-order valence-electron chi connectivity index (χ4n) is 5.19. The van der Waals surface area contributed by atoms with Crippen LogP contribution in [0, 0.1) is 36.5 Å². The van der Waals surface area contributed by atoms with Gasteiger partial charge in [0.25, 0.3) is 0 Å². The van der Waals surface area contributed by atoms with Gasteiger partial charge in [-0.05, 0) is 73.5 Å².